The number of aromatic nitrogens is 2. The molecule has 3 N–H and O–H groups in total. The molecule has 0 unspecified atom stereocenters. The van der Waals surface area contributed by atoms with Crippen molar-refractivity contribution in [2.24, 2.45) is 0 Å². The molecule has 0 saturated heterocycles. The van der Waals surface area contributed by atoms with Crippen molar-refractivity contribution in [2.75, 3.05) is 5.32 Å². The van der Waals surface area contributed by atoms with Gasteiger partial charge >= 0.3 is 12.0 Å². The van der Waals surface area contributed by atoms with Crippen LogP contribution in [-0.4, -0.2) is 27.1 Å². The van der Waals surface area contributed by atoms with E-state index in [1.54, 1.807) is 0 Å². The van der Waals surface area contributed by atoms with Gasteiger partial charge in [-0.1, -0.05) is 0 Å². The lowest BCUT2D eigenvalue weighted by atomic mass is 10.4. The highest BCUT2D eigenvalue weighted by Gasteiger charge is 2.09. The lowest BCUT2D eigenvalue weighted by molar-refractivity contribution is 0.0660. The Labute approximate surface area is 107 Å². The van der Waals surface area contributed by atoms with E-state index >= 15 is 0 Å². The van der Waals surface area contributed by atoms with E-state index in [4.69, 9.17) is 9.52 Å². The molecule has 2 rings (SSSR count). The van der Waals surface area contributed by atoms with Crippen LogP contribution in [0.3, 0.4) is 0 Å². The topological polar surface area (TPSA) is 117 Å². The first-order valence-electron chi connectivity index (χ1n) is 5.27. The molecule has 2 aromatic heterocycles. The maximum Gasteiger partial charge on any atom is 0.371 e. The summed E-state index contributed by atoms with van der Waals surface area (Å²) in [5, 5.41) is 13.7. The Balaban J connectivity index is 1.84. The van der Waals surface area contributed by atoms with Crippen molar-refractivity contribution >= 4 is 17.7 Å². The number of anilines is 1. The normalized spacial score (nSPS) is 9.89. The van der Waals surface area contributed by atoms with E-state index in [0.29, 0.717) is 11.4 Å². The zero-order valence-electron chi connectivity index (χ0n) is 9.66. The average Bonchev–Trinajstić information content (AvgIpc) is 2.86. The minimum atomic E-state index is -1.16. The molecule has 2 amide bonds. The molecule has 2 heterocycles. The van der Waals surface area contributed by atoms with Crippen LogP contribution in [0.1, 0.15) is 16.3 Å². The zero-order valence-corrected chi connectivity index (χ0v) is 9.66. The number of aromatic carboxylic acids is 1. The van der Waals surface area contributed by atoms with Gasteiger partial charge in [-0.05, 0) is 12.1 Å². The Morgan fingerprint density at radius 1 is 1.26 bits per heavy atom. The zero-order chi connectivity index (χ0) is 13.7. The molecule has 2 aromatic rings. The van der Waals surface area contributed by atoms with Crippen LogP contribution < -0.4 is 10.6 Å². The van der Waals surface area contributed by atoms with Gasteiger partial charge in [-0.25, -0.2) is 19.6 Å². The predicted octanol–water partition coefficient (Wildman–Crippen LogP) is 1.09. The Hall–Kier alpha value is -2.90. The second kappa shape index (κ2) is 5.63. The van der Waals surface area contributed by atoms with Gasteiger partial charge in [-0.3, -0.25) is 0 Å². The number of nitrogens with one attached hydrogen (secondary N) is 2. The molecule has 0 saturated carbocycles. The van der Waals surface area contributed by atoms with Gasteiger partial charge in [-0.2, -0.15) is 0 Å². The summed E-state index contributed by atoms with van der Waals surface area (Å²) in [5.41, 5.74) is 0.450. The quantitative estimate of drug-likeness (QED) is 0.759. The van der Waals surface area contributed by atoms with Crippen molar-refractivity contribution in [3.63, 3.8) is 0 Å². The lowest BCUT2D eigenvalue weighted by Crippen LogP contribution is -2.28. The Kier molecular flexibility index (Phi) is 3.72. The molecule has 0 aliphatic rings. The second-order valence-corrected chi connectivity index (χ2v) is 3.51. The van der Waals surface area contributed by atoms with Gasteiger partial charge in [0.15, 0.2) is 0 Å². The van der Waals surface area contributed by atoms with Crippen molar-refractivity contribution in [3.05, 3.63) is 42.4 Å². The lowest BCUT2D eigenvalue weighted by Gasteiger charge is -2.05. The van der Waals surface area contributed by atoms with E-state index in [-0.39, 0.29) is 12.3 Å². The molecule has 98 valence electrons. The Bertz CT molecular complexity index is 581. The molecule has 0 aliphatic heterocycles. The molecule has 0 atom stereocenters. The van der Waals surface area contributed by atoms with Gasteiger partial charge in [0.05, 0.1) is 24.6 Å². The summed E-state index contributed by atoms with van der Waals surface area (Å²) < 4.78 is 4.98. The Morgan fingerprint density at radius 2 is 2.00 bits per heavy atom. The molecule has 0 aromatic carbocycles. The van der Waals surface area contributed by atoms with Crippen molar-refractivity contribution in [1.82, 2.24) is 15.3 Å². The van der Waals surface area contributed by atoms with Crippen molar-refractivity contribution in [2.45, 2.75) is 6.54 Å². The number of rotatable bonds is 4. The average molecular weight is 262 g/mol. The maximum absolute atomic E-state index is 11.5. The third-order valence-corrected chi connectivity index (χ3v) is 2.11. The number of furan rings is 1. The van der Waals surface area contributed by atoms with Crippen LogP contribution in [-0.2, 0) is 6.54 Å². The SMILES string of the molecule is O=C(NCc1ccc(C(=O)O)o1)Nc1cncnc1. The summed E-state index contributed by atoms with van der Waals surface area (Å²) in [4.78, 5) is 29.6. The number of carboxylic acid groups (broad SMARTS) is 1. The fraction of sp³-hybridized carbons (Fsp3) is 0.0909. The van der Waals surface area contributed by atoms with E-state index in [1.165, 1.54) is 30.9 Å². The van der Waals surface area contributed by atoms with Crippen LogP contribution in [0.2, 0.25) is 0 Å². The van der Waals surface area contributed by atoms with Crippen molar-refractivity contribution < 1.29 is 19.1 Å². The molecule has 0 aliphatic carbocycles. The predicted molar refractivity (Wildman–Crippen MR) is 63.6 cm³/mol. The van der Waals surface area contributed by atoms with Crippen LogP contribution in [0.25, 0.3) is 0 Å². The highest BCUT2D eigenvalue weighted by atomic mass is 16.4. The number of hydrogen-bond acceptors (Lipinski definition) is 5. The number of hydrogen-bond donors (Lipinski definition) is 3. The minimum Gasteiger partial charge on any atom is -0.475 e. The number of carboxylic acids is 1. The summed E-state index contributed by atoms with van der Waals surface area (Å²) >= 11 is 0. The first kappa shape index (κ1) is 12.6. The summed E-state index contributed by atoms with van der Waals surface area (Å²) in [6.45, 7) is 0.0762. The molecule has 8 heteroatoms. The van der Waals surface area contributed by atoms with Crippen LogP contribution >= 0.6 is 0 Å². The standard InChI is InChI=1S/C11H10N4O4/c16-10(17)9-2-1-8(19-9)5-14-11(18)15-7-3-12-6-13-4-7/h1-4,6H,5H2,(H,16,17)(H2,14,15,18). The highest BCUT2D eigenvalue weighted by molar-refractivity contribution is 5.88. The van der Waals surface area contributed by atoms with Crippen LogP contribution in [0.15, 0.2) is 35.3 Å². The van der Waals surface area contributed by atoms with Crippen LogP contribution in [0.4, 0.5) is 10.5 Å². The molecule has 0 spiro atoms. The van der Waals surface area contributed by atoms with E-state index < -0.39 is 12.0 Å². The number of carbonyl (C=O) groups excluding carboxylic acids is 1. The van der Waals surface area contributed by atoms with Crippen molar-refractivity contribution in [3.8, 4) is 0 Å². The first-order chi connectivity index (χ1) is 9.15. The molecular formula is C11H10N4O4. The maximum atomic E-state index is 11.5. The molecular weight excluding hydrogens is 252 g/mol. The number of nitrogens with zero attached hydrogens (tertiary/aromatic N) is 2. The van der Waals surface area contributed by atoms with Gasteiger partial charge in [0.2, 0.25) is 5.76 Å². The van der Waals surface area contributed by atoms with Gasteiger partial charge in [0, 0.05) is 0 Å². The second-order valence-electron chi connectivity index (χ2n) is 3.51. The van der Waals surface area contributed by atoms with Gasteiger partial charge in [0.1, 0.15) is 12.1 Å². The third-order valence-electron chi connectivity index (χ3n) is 2.11. The molecule has 8 nitrogen and oxygen atoms in total. The summed E-state index contributed by atoms with van der Waals surface area (Å²) in [6, 6.07) is 2.33. The number of amides is 2. The molecule has 0 bridgehead atoms. The number of carbonyl (C=O) groups is 2. The Morgan fingerprint density at radius 3 is 2.63 bits per heavy atom. The fourth-order valence-electron chi connectivity index (χ4n) is 1.29. The molecule has 19 heavy (non-hydrogen) atoms. The van der Waals surface area contributed by atoms with Gasteiger partial charge < -0.3 is 20.2 Å². The van der Waals surface area contributed by atoms with Gasteiger partial charge in [0.25, 0.3) is 0 Å². The fourth-order valence-corrected chi connectivity index (χ4v) is 1.29. The minimum absolute atomic E-state index is 0.0762. The summed E-state index contributed by atoms with van der Waals surface area (Å²) in [5.74, 6) is -0.984. The van der Waals surface area contributed by atoms with E-state index in [9.17, 15) is 9.59 Å². The molecule has 0 radical (unpaired) electrons. The first-order valence-corrected chi connectivity index (χ1v) is 5.27. The van der Waals surface area contributed by atoms with Crippen LogP contribution in [0.5, 0.6) is 0 Å². The monoisotopic (exact) mass is 262 g/mol. The summed E-state index contributed by atoms with van der Waals surface area (Å²) in [7, 11) is 0. The van der Waals surface area contributed by atoms with E-state index in [1.807, 2.05) is 0 Å². The van der Waals surface area contributed by atoms with E-state index in [0.717, 1.165) is 0 Å². The third kappa shape index (κ3) is 3.53. The largest absolute Gasteiger partial charge is 0.475 e. The van der Waals surface area contributed by atoms with Crippen LogP contribution in [0, 0.1) is 0 Å². The van der Waals surface area contributed by atoms with Gasteiger partial charge in [-0.15, -0.1) is 0 Å². The highest BCUT2D eigenvalue weighted by Crippen LogP contribution is 2.07. The smallest absolute Gasteiger partial charge is 0.371 e. The van der Waals surface area contributed by atoms with Crippen molar-refractivity contribution in [1.29, 1.82) is 0 Å². The molecule has 0 fully saturated rings. The number of urea groups is 1. The summed E-state index contributed by atoms with van der Waals surface area (Å²) in [6.07, 6.45) is 4.24. The van der Waals surface area contributed by atoms with E-state index in [2.05, 4.69) is 20.6 Å².